The summed E-state index contributed by atoms with van der Waals surface area (Å²) in [6.07, 6.45) is -0.358. The zero-order valence-electron chi connectivity index (χ0n) is 28.1. The maximum absolute atomic E-state index is 13.7. The van der Waals surface area contributed by atoms with Crippen LogP contribution in [-0.2, 0) is 41.5 Å². The summed E-state index contributed by atoms with van der Waals surface area (Å²) < 4.78 is 11.0. The fraction of sp³-hybridized carbons (Fsp3) is 0.351. The molecule has 3 aromatic carbocycles. The minimum absolute atomic E-state index is 0.0437. The zero-order valence-corrected chi connectivity index (χ0v) is 28.1. The molecule has 0 fully saturated rings. The molecule has 0 radical (unpaired) electrons. The summed E-state index contributed by atoms with van der Waals surface area (Å²) in [6, 6.07) is 21.2. The van der Waals surface area contributed by atoms with Crippen LogP contribution < -0.4 is 16.0 Å². The number of carbonyl (C=O) groups excluding carboxylic acids is 5. The van der Waals surface area contributed by atoms with Crippen LogP contribution in [0.25, 0.3) is 0 Å². The second kappa shape index (κ2) is 16.4. The molecule has 0 aromatic heterocycles. The first-order chi connectivity index (χ1) is 22.5. The summed E-state index contributed by atoms with van der Waals surface area (Å²) in [5, 5.41) is 17.0. The number of rotatable bonds is 12. The Hall–Kier alpha value is -5.50. The van der Waals surface area contributed by atoms with Gasteiger partial charge < -0.3 is 25.4 Å². The van der Waals surface area contributed by atoms with Gasteiger partial charge in [-0.05, 0) is 83.0 Å². The fourth-order valence-corrected chi connectivity index (χ4v) is 4.51. The average molecular weight is 655 g/mol. The second-order valence-corrected chi connectivity index (χ2v) is 13.2. The molecule has 3 amide bonds. The minimum Gasteiger partial charge on any atom is -0.460 e. The van der Waals surface area contributed by atoms with Gasteiger partial charge in [-0.1, -0.05) is 48.5 Å². The quantitative estimate of drug-likeness (QED) is 0.238. The van der Waals surface area contributed by atoms with Gasteiger partial charge in [0.2, 0.25) is 11.8 Å². The molecule has 0 bridgehead atoms. The van der Waals surface area contributed by atoms with Gasteiger partial charge in [0, 0.05) is 17.7 Å². The Labute approximate surface area is 281 Å². The maximum atomic E-state index is 13.7. The Kier molecular flexibility index (Phi) is 12.6. The van der Waals surface area contributed by atoms with Crippen molar-refractivity contribution < 1.29 is 33.4 Å². The maximum Gasteiger partial charge on any atom is 0.329 e. The zero-order chi connectivity index (χ0) is 35.5. The lowest BCUT2D eigenvalue weighted by atomic mass is 10.0. The summed E-state index contributed by atoms with van der Waals surface area (Å²) in [7, 11) is 0. The van der Waals surface area contributed by atoms with Crippen LogP contribution in [-0.4, -0.2) is 52.9 Å². The van der Waals surface area contributed by atoms with Crippen LogP contribution >= 0.6 is 0 Å². The van der Waals surface area contributed by atoms with E-state index in [-0.39, 0.29) is 24.3 Å². The second-order valence-electron chi connectivity index (χ2n) is 13.2. The Morgan fingerprint density at radius 1 is 0.750 bits per heavy atom. The van der Waals surface area contributed by atoms with Crippen LogP contribution in [0.3, 0.4) is 0 Å². The Morgan fingerprint density at radius 3 is 2.00 bits per heavy atom. The van der Waals surface area contributed by atoms with E-state index in [9.17, 15) is 24.0 Å². The predicted molar refractivity (Wildman–Crippen MR) is 180 cm³/mol. The van der Waals surface area contributed by atoms with E-state index in [1.54, 1.807) is 102 Å². The van der Waals surface area contributed by atoms with Crippen molar-refractivity contribution >= 4 is 35.3 Å². The van der Waals surface area contributed by atoms with Crippen molar-refractivity contribution in [3.8, 4) is 6.07 Å². The molecule has 0 spiro atoms. The summed E-state index contributed by atoms with van der Waals surface area (Å²) in [4.78, 5) is 65.8. The number of nitrogens with zero attached hydrogens (tertiary/aromatic N) is 1. The monoisotopic (exact) mass is 654 g/mol. The molecule has 252 valence electrons. The smallest absolute Gasteiger partial charge is 0.329 e. The van der Waals surface area contributed by atoms with Crippen molar-refractivity contribution in [2.24, 2.45) is 0 Å². The number of anilines is 1. The van der Waals surface area contributed by atoms with E-state index in [1.807, 2.05) is 12.1 Å². The van der Waals surface area contributed by atoms with Gasteiger partial charge >= 0.3 is 11.9 Å². The number of nitriles is 1. The number of hydrogen-bond acceptors (Lipinski definition) is 8. The van der Waals surface area contributed by atoms with Gasteiger partial charge in [-0.15, -0.1) is 0 Å². The van der Waals surface area contributed by atoms with E-state index >= 15 is 0 Å². The SMILES string of the molecule is CC(C)(C)OC(=O)C[C@H](NC(=O)c1cccc(NC(=O)Cc2ccc(C#N)cc2)c1)C(=O)N[C@@H](Cc1ccccc1)C(=O)OC(C)(C)C. The topological polar surface area (TPSA) is 164 Å². The van der Waals surface area contributed by atoms with E-state index in [0.29, 0.717) is 16.8 Å². The fourth-order valence-electron chi connectivity index (χ4n) is 4.51. The number of esters is 2. The largest absolute Gasteiger partial charge is 0.460 e. The third kappa shape index (κ3) is 12.7. The molecule has 0 aliphatic heterocycles. The van der Waals surface area contributed by atoms with Crippen molar-refractivity contribution in [2.45, 2.75) is 84.1 Å². The molecule has 0 saturated heterocycles. The molecular weight excluding hydrogens is 612 g/mol. The van der Waals surface area contributed by atoms with E-state index in [2.05, 4.69) is 16.0 Å². The van der Waals surface area contributed by atoms with Crippen LogP contribution in [0.2, 0.25) is 0 Å². The predicted octanol–water partition coefficient (Wildman–Crippen LogP) is 4.64. The molecule has 3 N–H and O–H groups in total. The Balaban J connectivity index is 1.80. The van der Waals surface area contributed by atoms with Gasteiger partial charge in [0.15, 0.2) is 0 Å². The Bertz CT molecular complexity index is 1650. The highest BCUT2D eigenvalue weighted by atomic mass is 16.6. The molecule has 0 aliphatic carbocycles. The van der Waals surface area contributed by atoms with E-state index < -0.39 is 53.5 Å². The van der Waals surface area contributed by atoms with Gasteiger partial charge in [-0.2, -0.15) is 5.26 Å². The van der Waals surface area contributed by atoms with Crippen LogP contribution in [0, 0.1) is 11.3 Å². The number of amides is 3. The Morgan fingerprint density at radius 2 is 1.40 bits per heavy atom. The van der Waals surface area contributed by atoms with Crippen LogP contribution in [0.15, 0.2) is 78.9 Å². The number of nitrogens with one attached hydrogen (secondary N) is 3. The lowest BCUT2D eigenvalue weighted by molar-refractivity contribution is -0.159. The molecule has 11 heteroatoms. The van der Waals surface area contributed by atoms with Gasteiger partial charge in [0.25, 0.3) is 5.91 Å². The van der Waals surface area contributed by atoms with Crippen LogP contribution in [0.1, 0.15) is 75.0 Å². The summed E-state index contributed by atoms with van der Waals surface area (Å²) in [5.41, 5.74) is 0.714. The lowest BCUT2D eigenvalue weighted by Crippen LogP contribution is -2.54. The first kappa shape index (κ1) is 37.0. The number of hydrogen-bond donors (Lipinski definition) is 3. The van der Waals surface area contributed by atoms with Crippen molar-refractivity contribution in [1.29, 1.82) is 5.26 Å². The van der Waals surface area contributed by atoms with Crippen LogP contribution in [0.4, 0.5) is 5.69 Å². The number of ether oxygens (including phenoxy) is 2. The molecule has 48 heavy (non-hydrogen) atoms. The minimum atomic E-state index is -1.41. The summed E-state index contributed by atoms with van der Waals surface area (Å²) in [6.45, 7) is 10.2. The van der Waals surface area contributed by atoms with E-state index in [0.717, 1.165) is 5.56 Å². The van der Waals surface area contributed by atoms with Crippen molar-refractivity contribution in [1.82, 2.24) is 10.6 Å². The first-order valence-corrected chi connectivity index (χ1v) is 15.5. The first-order valence-electron chi connectivity index (χ1n) is 15.5. The summed E-state index contributed by atoms with van der Waals surface area (Å²) >= 11 is 0. The average Bonchev–Trinajstić information content (AvgIpc) is 2.99. The molecule has 0 saturated carbocycles. The van der Waals surface area contributed by atoms with E-state index in [4.69, 9.17) is 14.7 Å². The highest BCUT2D eigenvalue weighted by molar-refractivity contribution is 6.01. The molecule has 0 aliphatic rings. The third-order valence-electron chi connectivity index (χ3n) is 6.56. The highest BCUT2D eigenvalue weighted by Crippen LogP contribution is 2.16. The van der Waals surface area contributed by atoms with Crippen molar-refractivity contribution in [3.63, 3.8) is 0 Å². The molecule has 11 nitrogen and oxygen atoms in total. The van der Waals surface area contributed by atoms with Crippen molar-refractivity contribution in [2.75, 3.05) is 5.32 Å². The molecule has 3 rings (SSSR count). The molecule has 3 aromatic rings. The molecule has 2 atom stereocenters. The number of benzene rings is 3. The number of carbonyl (C=O) groups is 5. The lowest BCUT2D eigenvalue weighted by Gasteiger charge is -2.27. The van der Waals surface area contributed by atoms with Crippen LogP contribution in [0.5, 0.6) is 0 Å². The third-order valence-corrected chi connectivity index (χ3v) is 6.56. The highest BCUT2D eigenvalue weighted by Gasteiger charge is 2.32. The van der Waals surface area contributed by atoms with Gasteiger partial charge in [0.1, 0.15) is 23.3 Å². The van der Waals surface area contributed by atoms with E-state index in [1.165, 1.54) is 12.1 Å². The summed E-state index contributed by atoms with van der Waals surface area (Å²) in [5.74, 6) is -3.23. The molecule has 0 unspecified atom stereocenters. The van der Waals surface area contributed by atoms with Gasteiger partial charge in [-0.3, -0.25) is 19.2 Å². The molecular formula is C37H42N4O7. The van der Waals surface area contributed by atoms with Gasteiger partial charge in [0.05, 0.1) is 24.5 Å². The molecule has 0 heterocycles. The van der Waals surface area contributed by atoms with Crippen molar-refractivity contribution in [3.05, 3.63) is 101 Å². The normalized spacial score (nSPS) is 12.4. The van der Waals surface area contributed by atoms with Gasteiger partial charge in [-0.25, -0.2) is 4.79 Å². The standard InChI is InChI=1S/C37H42N4O7/c1-36(2,3)47-32(43)22-29(34(45)41-30(35(46)48-37(4,5)6)19-24-11-8-7-9-12-24)40-33(44)27-13-10-14-28(21-27)39-31(42)20-25-15-17-26(23-38)18-16-25/h7-18,21,29-30H,19-20,22H2,1-6H3,(H,39,42)(H,40,44)(H,41,45)/t29-,30-/m0/s1.